The van der Waals surface area contributed by atoms with Crippen LogP contribution in [0.4, 0.5) is 11.8 Å². The summed E-state index contributed by atoms with van der Waals surface area (Å²) in [5.74, 6) is 3.18. The van der Waals surface area contributed by atoms with Crippen LogP contribution < -0.4 is 10.2 Å². The molecule has 0 radical (unpaired) electrons. The summed E-state index contributed by atoms with van der Waals surface area (Å²) in [7, 11) is 4.19. The second-order valence-electron chi connectivity index (χ2n) is 8.55. The molecule has 2 aliphatic heterocycles. The molecule has 0 amide bonds. The van der Waals surface area contributed by atoms with Gasteiger partial charge in [-0.2, -0.15) is 4.98 Å². The van der Waals surface area contributed by atoms with E-state index >= 15 is 0 Å². The number of aromatic nitrogens is 2. The minimum Gasteiger partial charge on any atom is -0.353 e. The average Bonchev–Trinajstić information content (AvgIpc) is 3.53. The van der Waals surface area contributed by atoms with Gasteiger partial charge >= 0.3 is 0 Å². The minimum absolute atomic E-state index is 0.461. The van der Waals surface area contributed by atoms with Crippen LogP contribution in [0.25, 0.3) is 0 Å². The molecule has 5 heteroatoms. The van der Waals surface area contributed by atoms with Crippen LogP contribution >= 0.6 is 0 Å². The third-order valence-electron chi connectivity index (χ3n) is 6.24. The summed E-state index contributed by atoms with van der Waals surface area (Å²) in [6.45, 7) is 2.93. The smallest absolute Gasteiger partial charge is 0.224 e. The molecule has 2 bridgehead atoms. The highest BCUT2D eigenvalue weighted by Gasteiger charge is 2.39. The largest absolute Gasteiger partial charge is 0.353 e. The number of anilines is 2. The number of likely N-dealkylation sites (N-methyl/N-ethyl adjacent to an activating group) is 1. The van der Waals surface area contributed by atoms with Crippen LogP contribution in [0.1, 0.15) is 60.4 Å². The van der Waals surface area contributed by atoms with E-state index in [1.807, 2.05) is 0 Å². The van der Waals surface area contributed by atoms with Crippen LogP contribution in [-0.2, 0) is 0 Å². The van der Waals surface area contributed by atoms with Gasteiger partial charge in [-0.3, -0.25) is 0 Å². The lowest BCUT2D eigenvalue weighted by Gasteiger charge is -2.47. The first-order valence-electron chi connectivity index (χ1n) is 10.3. The maximum atomic E-state index is 4.94. The second kappa shape index (κ2) is 6.79. The summed E-state index contributed by atoms with van der Waals surface area (Å²) < 4.78 is 0. The Bertz CT molecular complexity index is 829. The van der Waals surface area contributed by atoms with Gasteiger partial charge in [0.1, 0.15) is 5.82 Å². The van der Waals surface area contributed by atoms with E-state index in [0.717, 1.165) is 31.4 Å². The SMILES string of the molecule is CN(C)CCNc1nc(C2CC2)cc(N2C[C@H]3CC[C@H]2c2ccccc23)n1. The number of benzene rings is 1. The summed E-state index contributed by atoms with van der Waals surface area (Å²) in [6, 6.07) is 11.7. The van der Waals surface area contributed by atoms with Crippen molar-refractivity contribution in [2.24, 2.45) is 0 Å². The Balaban J connectivity index is 1.45. The molecule has 3 heterocycles. The molecule has 2 atom stereocenters. The lowest BCUT2D eigenvalue weighted by Crippen LogP contribution is -2.43. The second-order valence-corrected chi connectivity index (χ2v) is 8.55. The van der Waals surface area contributed by atoms with E-state index in [4.69, 9.17) is 9.97 Å². The van der Waals surface area contributed by atoms with Crippen molar-refractivity contribution in [1.82, 2.24) is 14.9 Å². The zero-order chi connectivity index (χ0) is 18.4. The zero-order valence-corrected chi connectivity index (χ0v) is 16.4. The van der Waals surface area contributed by atoms with E-state index in [1.54, 1.807) is 5.56 Å². The van der Waals surface area contributed by atoms with Crippen molar-refractivity contribution in [2.75, 3.05) is 43.9 Å². The van der Waals surface area contributed by atoms with Crippen LogP contribution in [0, 0.1) is 0 Å². The van der Waals surface area contributed by atoms with E-state index in [0.29, 0.717) is 17.9 Å². The highest BCUT2D eigenvalue weighted by Crippen LogP contribution is 2.48. The van der Waals surface area contributed by atoms with Crippen molar-refractivity contribution in [3.63, 3.8) is 0 Å². The highest BCUT2D eigenvalue weighted by molar-refractivity contribution is 5.54. The molecule has 1 aromatic heterocycles. The van der Waals surface area contributed by atoms with Gasteiger partial charge in [-0.15, -0.1) is 0 Å². The fourth-order valence-electron chi connectivity index (χ4n) is 4.65. The Kier molecular flexibility index (Phi) is 4.27. The first-order valence-corrected chi connectivity index (χ1v) is 10.3. The molecule has 2 fully saturated rings. The molecule has 27 heavy (non-hydrogen) atoms. The summed E-state index contributed by atoms with van der Waals surface area (Å²) in [6.07, 6.45) is 5.06. The minimum atomic E-state index is 0.461. The Labute approximate surface area is 161 Å². The number of hydrogen-bond acceptors (Lipinski definition) is 5. The van der Waals surface area contributed by atoms with Crippen molar-refractivity contribution in [3.8, 4) is 0 Å². The number of fused-ring (bicyclic) bond motifs is 2. The fraction of sp³-hybridized carbons (Fsp3) is 0.545. The van der Waals surface area contributed by atoms with E-state index in [9.17, 15) is 0 Å². The lowest BCUT2D eigenvalue weighted by atomic mass is 9.75. The van der Waals surface area contributed by atoms with Gasteiger partial charge in [0.05, 0.1) is 11.7 Å². The third kappa shape index (κ3) is 3.29. The first kappa shape index (κ1) is 17.0. The van der Waals surface area contributed by atoms with Gasteiger partial charge < -0.3 is 15.1 Å². The van der Waals surface area contributed by atoms with Gasteiger partial charge in [-0.1, -0.05) is 24.3 Å². The Hall–Kier alpha value is -2.14. The molecule has 2 aliphatic carbocycles. The van der Waals surface area contributed by atoms with Gasteiger partial charge in [0.2, 0.25) is 5.95 Å². The predicted molar refractivity (Wildman–Crippen MR) is 110 cm³/mol. The van der Waals surface area contributed by atoms with Gasteiger partial charge in [-0.25, -0.2) is 4.98 Å². The number of rotatable bonds is 6. The number of piperidine rings is 1. The molecule has 4 aliphatic rings. The summed E-state index contributed by atoms with van der Waals surface area (Å²) in [4.78, 5) is 14.5. The molecule has 1 saturated carbocycles. The highest BCUT2D eigenvalue weighted by atomic mass is 15.3. The fourth-order valence-corrected chi connectivity index (χ4v) is 4.65. The Morgan fingerprint density at radius 1 is 1.04 bits per heavy atom. The number of nitrogens with zero attached hydrogens (tertiary/aromatic N) is 4. The van der Waals surface area contributed by atoms with Crippen LogP contribution in [0.15, 0.2) is 30.3 Å². The van der Waals surface area contributed by atoms with Crippen molar-refractivity contribution < 1.29 is 0 Å². The van der Waals surface area contributed by atoms with Gasteiger partial charge in [-0.05, 0) is 50.9 Å². The van der Waals surface area contributed by atoms with Gasteiger partial charge in [0.15, 0.2) is 0 Å². The molecule has 1 saturated heterocycles. The number of hydrogen-bond donors (Lipinski definition) is 1. The molecule has 1 aromatic carbocycles. The molecule has 142 valence electrons. The van der Waals surface area contributed by atoms with Crippen LogP contribution in [-0.4, -0.2) is 48.6 Å². The number of nitrogens with one attached hydrogen (secondary N) is 1. The summed E-state index contributed by atoms with van der Waals surface area (Å²) in [5, 5.41) is 3.45. The van der Waals surface area contributed by atoms with Gasteiger partial charge in [0, 0.05) is 37.5 Å². The monoisotopic (exact) mass is 363 g/mol. The molecule has 1 N–H and O–H groups in total. The van der Waals surface area contributed by atoms with Crippen LogP contribution in [0.3, 0.4) is 0 Å². The third-order valence-corrected chi connectivity index (χ3v) is 6.24. The van der Waals surface area contributed by atoms with Crippen LogP contribution in [0.5, 0.6) is 0 Å². The van der Waals surface area contributed by atoms with Crippen molar-refractivity contribution in [3.05, 3.63) is 47.2 Å². The topological polar surface area (TPSA) is 44.3 Å². The first-order chi connectivity index (χ1) is 13.2. The zero-order valence-electron chi connectivity index (χ0n) is 16.4. The molecule has 5 nitrogen and oxygen atoms in total. The summed E-state index contributed by atoms with van der Waals surface area (Å²) in [5.41, 5.74) is 4.29. The van der Waals surface area contributed by atoms with E-state index < -0.39 is 0 Å². The quantitative estimate of drug-likeness (QED) is 0.846. The molecule has 0 spiro atoms. The van der Waals surface area contributed by atoms with E-state index in [1.165, 1.54) is 36.9 Å². The lowest BCUT2D eigenvalue weighted by molar-refractivity contribution is 0.387. The Morgan fingerprint density at radius 3 is 2.59 bits per heavy atom. The predicted octanol–water partition coefficient (Wildman–Crippen LogP) is 3.77. The maximum Gasteiger partial charge on any atom is 0.224 e. The molecular weight excluding hydrogens is 334 g/mol. The van der Waals surface area contributed by atoms with Crippen LogP contribution in [0.2, 0.25) is 0 Å². The van der Waals surface area contributed by atoms with E-state index in [2.05, 4.69) is 59.5 Å². The van der Waals surface area contributed by atoms with E-state index in [-0.39, 0.29) is 0 Å². The normalized spacial score (nSPS) is 23.6. The maximum absolute atomic E-state index is 4.94. The van der Waals surface area contributed by atoms with Gasteiger partial charge in [0.25, 0.3) is 0 Å². The van der Waals surface area contributed by atoms with Crippen molar-refractivity contribution in [2.45, 2.75) is 43.6 Å². The standard InChI is InChI=1S/C22H29N5/c1-26(2)12-11-23-22-24-19(15-7-8-15)13-21(25-22)27-14-16-9-10-20(27)18-6-4-3-5-17(16)18/h3-6,13,15-16,20H,7-12,14H2,1-2H3,(H,23,24,25)/t16-,20+/m1/s1. The molecule has 2 aromatic rings. The molecule has 0 unspecified atom stereocenters. The Morgan fingerprint density at radius 2 is 1.81 bits per heavy atom. The van der Waals surface area contributed by atoms with Crippen molar-refractivity contribution >= 4 is 11.8 Å². The average molecular weight is 364 g/mol. The summed E-state index contributed by atoms with van der Waals surface area (Å²) >= 11 is 0. The molecular formula is C22H29N5. The van der Waals surface area contributed by atoms with Crippen molar-refractivity contribution in [1.29, 1.82) is 0 Å². The molecule has 6 rings (SSSR count).